The van der Waals surface area contributed by atoms with Crippen molar-refractivity contribution in [1.29, 1.82) is 0 Å². The molecule has 0 heterocycles. The summed E-state index contributed by atoms with van der Waals surface area (Å²) in [6.07, 6.45) is 4.51. The van der Waals surface area contributed by atoms with Gasteiger partial charge in [-0.15, -0.1) is 0 Å². The Balaban J connectivity index is 1.83. The van der Waals surface area contributed by atoms with Gasteiger partial charge < -0.3 is 4.90 Å². The van der Waals surface area contributed by atoms with Gasteiger partial charge in [-0.05, 0) is 81.2 Å². The summed E-state index contributed by atoms with van der Waals surface area (Å²) < 4.78 is 0. The number of rotatable bonds is 6. The van der Waals surface area contributed by atoms with E-state index in [1.165, 1.54) is 5.56 Å². The minimum Gasteiger partial charge on any atom is -0.344 e. The predicted molar refractivity (Wildman–Crippen MR) is 125 cm³/mol. The van der Waals surface area contributed by atoms with Gasteiger partial charge in [0.25, 0.3) is 0 Å². The van der Waals surface area contributed by atoms with E-state index in [9.17, 15) is 9.59 Å². The number of ketones is 2. The van der Waals surface area contributed by atoms with Crippen LogP contribution >= 0.6 is 11.6 Å². The van der Waals surface area contributed by atoms with Gasteiger partial charge in [0.05, 0.1) is 0 Å². The summed E-state index contributed by atoms with van der Waals surface area (Å²) in [7, 11) is 1.98. The molecule has 0 amide bonds. The normalized spacial score (nSPS) is 16.2. The number of carbonyl (C=O) groups excluding carboxylic acids is 2. The molecule has 0 saturated carbocycles. The van der Waals surface area contributed by atoms with E-state index in [2.05, 4.69) is 24.0 Å². The van der Waals surface area contributed by atoms with Crippen molar-refractivity contribution in [1.82, 2.24) is 0 Å². The maximum atomic E-state index is 13.1. The molecule has 30 heavy (non-hydrogen) atoms. The summed E-state index contributed by atoms with van der Waals surface area (Å²) in [6, 6.07) is 11.8. The Morgan fingerprint density at radius 1 is 1.07 bits per heavy atom. The molecule has 1 aliphatic rings. The van der Waals surface area contributed by atoms with Crippen molar-refractivity contribution < 1.29 is 9.59 Å². The lowest BCUT2D eigenvalue weighted by Gasteiger charge is -2.24. The standard InChI is InChI=1S/C26H28ClNO2/c1-16-7-6-8-21(12-16)28(5)24-15-20(27)14-23(19(24)4)25(29)10-9-22-18(3)11-17(2)13-26(22)30/h6-8,11-15,22H,9-10H2,1-5H3. The molecule has 0 bridgehead atoms. The number of aryl methyl sites for hydroxylation is 1. The number of halogens is 1. The van der Waals surface area contributed by atoms with E-state index in [1.807, 2.05) is 52.1 Å². The number of hydrogen-bond acceptors (Lipinski definition) is 3. The third-order valence-corrected chi connectivity index (χ3v) is 5.99. The number of allylic oxidation sites excluding steroid dienone is 4. The second-order valence-electron chi connectivity index (χ2n) is 8.19. The molecule has 3 rings (SSSR count). The topological polar surface area (TPSA) is 37.4 Å². The third-order valence-electron chi connectivity index (χ3n) is 5.77. The Kier molecular flexibility index (Phi) is 6.62. The second-order valence-corrected chi connectivity index (χ2v) is 8.63. The second kappa shape index (κ2) is 9.01. The smallest absolute Gasteiger partial charge is 0.163 e. The highest BCUT2D eigenvalue weighted by Gasteiger charge is 2.24. The number of carbonyl (C=O) groups is 2. The maximum Gasteiger partial charge on any atom is 0.163 e. The van der Waals surface area contributed by atoms with E-state index in [0.29, 0.717) is 23.4 Å². The molecule has 0 radical (unpaired) electrons. The molecule has 1 unspecified atom stereocenters. The SMILES string of the molecule is CC1=CC(=O)C(CCC(=O)c2cc(Cl)cc(N(C)c3cccc(C)c3)c2C)C(C)=C1. The Morgan fingerprint density at radius 3 is 2.47 bits per heavy atom. The fourth-order valence-corrected chi connectivity index (χ4v) is 4.32. The van der Waals surface area contributed by atoms with Gasteiger partial charge >= 0.3 is 0 Å². The number of Topliss-reactive ketones (excluding diaryl/α,β-unsaturated/α-hetero) is 1. The zero-order chi connectivity index (χ0) is 22.0. The van der Waals surface area contributed by atoms with Crippen molar-refractivity contribution in [3.8, 4) is 0 Å². The molecule has 0 aliphatic heterocycles. The van der Waals surface area contributed by atoms with Gasteiger partial charge in [0.2, 0.25) is 0 Å². The zero-order valence-electron chi connectivity index (χ0n) is 18.3. The summed E-state index contributed by atoms with van der Waals surface area (Å²) in [5.74, 6) is -0.115. The Morgan fingerprint density at radius 2 is 1.80 bits per heavy atom. The van der Waals surface area contributed by atoms with Crippen LogP contribution in [0.4, 0.5) is 11.4 Å². The molecule has 0 spiro atoms. The predicted octanol–water partition coefficient (Wildman–Crippen LogP) is 6.78. The molecule has 3 nitrogen and oxygen atoms in total. The van der Waals surface area contributed by atoms with Gasteiger partial charge in [-0.3, -0.25) is 9.59 Å². The lowest BCUT2D eigenvalue weighted by molar-refractivity contribution is -0.117. The van der Waals surface area contributed by atoms with Crippen LogP contribution in [0.5, 0.6) is 0 Å². The van der Waals surface area contributed by atoms with Crippen molar-refractivity contribution in [2.45, 2.75) is 40.5 Å². The van der Waals surface area contributed by atoms with Crippen LogP contribution in [0, 0.1) is 19.8 Å². The van der Waals surface area contributed by atoms with Crippen LogP contribution in [-0.4, -0.2) is 18.6 Å². The lowest BCUT2D eigenvalue weighted by atomic mass is 9.84. The summed E-state index contributed by atoms with van der Waals surface area (Å²) in [5.41, 5.74) is 6.61. The fraction of sp³-hybridized carbons (Fsp3) is 0.308. The quantitative estimate of drug-likeness (QED) is 0.482. The van der Waals surface area contributed by atoms with Crippen molar-refractivity contribution >= 4 is 34.5 Å². The molecule has 2 aromatic rings. The number of anilines is 2. The minimum atomic E-state index is -0.216. The first-order chi connectivity index (χ1) is 14.2. The summed E-state index contributed by atoms with van der Waals surface area (Å²) in [6.45, 7) is 7.89. The van der Waals surface area contributed by atoms with Crippen LogP contribution in [0.1, 0.15) is 48.2 Å². The highest BCUT2D eigenvalue weighted by Crippen LogP contribution is 2.33. The summed E-state index contributed by atoms with van der Waals surface area (Å²) in [4.78, 5) is 27.5. The van der Waals surface area contributed by atoms with Gasteiger partial charge in [0.15, 0.2) is 11.6 Å². The van der Waals surface area contributed by atoms with Crippen LogP contribution in [0.25, 0.3) is 0 Å². The number of hydrogen-bond donors (Lipinski definition) is 0. The van der Waals surface area contributed by atoms with Gasteiger partial charge in [0, 0.05) is 41.3 Å². The Labute approximate surface area is 184 Å². The van der Waals surface area contributed by atoms with Crippen LogP contribution in [0.3, 0.4) is 0 Å². The van der Waals surface area contributed by atoms with Gasteiger partial charge in [-0.25, -0.2) is 0 Å². The zero-order valence-corrected chi connectivity index (χ0v) is 19.0. The first-order valence-corrected chi connectivity index (χ1v) is 10.6. The van der Waals surface area contributed by atoms with E-state index >= 15 is 0 Å². The average molecular weight is 422 g/mol. The summed E-state index contributed by atoms with van der Waals surface area (Å²) >= 11 is 6.39. The number of nitrogens with zero attached hydrogens (tertiary/aromatic N) is 1. The minimum absolute atomic E-state index is 0.0146. The molecule has 2 aromatic carbocycles. The van der Waals surface area contributed by atoms with Crippen LogP contribution in [0.15, 0.2) is 59.7 Å². The Bertz CT molecular complexity index is 1060. The largest absolute Gasteiger partial charge is 0.344 e. The highest BCUT2D eigenvalue weighted by atomic mass is 35.5. The third kappa shape index (κ3) is 4.73. The molecular weight excluding hydrogens is 394 g/mol. The lowest BCUT2D eigenvalue weighted by Crippen LogP contribution is -2.19. The van der Waals surface area contributed by atoms with E-state index in [0.717, 1.165) is 28.1 Å². The monoisotopic (exact) mass is 421 g/mol. The first-order valence-electron chi connectivity index (χ1n) is 10.2. The molecule has 0 N–H and O–H groups in total. The molecular formula is C26H28ClNO2. The Hall–Kier alpha value is -2.65. The molecule has 1 atom stereocenters. The molecule has 4 heteroatoms. The number of benzene rings is 2. The summed E-state index contributed by atoms with van der Waals surface area (Å²) in [5, 5.41) is 0.529. The molecule has 0 aromatic heterocycles. The molecule has 156 valence electrons. The highest BCUT2D eigenvalue weighted by molar-refractivity contribution is 6.31. The molecule has 1 aliphatic carbocycles. The fourth-order valence-electron chi connectivity index (χ4n) is 4.11. The van der Waals surface area contributed by atoms with Crippen LogP contribution in [-0.2, 0) is 4.79 Å². The first kappa shape index (κ1) is 22.0. The van der Waals surface area contributed by atoms with E-state index in [1.54, 1.807) is 12.1 Å². The van der Waals surface area contributed by atoms with Crippen LogP contribution in [0.2, 0.25) is 5.02 Å². The van der Waals surface area contributed by atoms with Crippen molar-refractivity contribution in [2.24, 2.45) is 5.92 Å². The maximum absolute atomic E-state index is 13.1. The molecule has 0 fully saturated rings. The van der Waals surface area contributed by atoms with Crippen molar-refractivity contribution in [3.63, 3.8) is 0 Å². The van der Waals surface area contributed by atoms with Gasteiger partial charge in [-0.1, -0.05) is 35.4 Å². The van der Waals surface area contributed by atoms with Gasteiger partial charge in [0.1, 0.15) is 0 Å². The van der Waals surface area contributed by atoms with Gasteiger partial charge in [-0.2, -0.15) is 0 Å². The van der Waals surface area contributed by atoms with Crippen molar-refractivity contribution in [2.75, 3.05) is 11.9 Å². The van der Waals surface area contributed by atoms with E-state index in [4.69, 9.17) is 11.6 Å². The molecule has 0 saturated heterocycles. The van der Waals surface area contributed by atoms with Crippen molar-refractivity contribution in [3.05, 3.63) is 81.4 Å². The average Bonchev–Trinajstić information content (AvgIpc) is 2.68. The van der Waals surface area contributed by atoms with E-state index in [-0.39, 0.29) is 17.5 Å². The van der Waals surface area contributed by atoms with E-state index < -0.39 is 0 Å². The van der Waals surface area contributed by atoms with Crippen LogP contribution < -0.4 is 4.90 Å².